The number of nitrogens with zero attached hydrogens (tertiary/aromatic N) is 1. The van der Waals surface area contributed by atoms with Crippen LogP contribution in [0.4, 0.5) is 0 Å². The van der Waals surface area contributed by atoms with Gasteiger partial charge in [-0.3, -0.25) is 9.51 Å². The second-order valence-corrected chi connectivity index (χ2v) is 3.94. The second-order valence-electron chi connectivity index (χ2n) is 3.94. The monoisotopic (exact) mass is 213 g/mol. The summed E-state index contributed by atoms with van der Waals surface area (Å²) < 4.78 is 4.49. The first-order valence-corrected chi connectivity index (χ1v) is 5.45. The predicted molar refractivity (Wildman–Crippen MR) is 57.6 cm³/mol. The summed E-state index contributed by atoms with van der Waals surface area (Å²) in [6, 6.07) is 0. The van der Waals surface area contributed by atoms with Crippen LogP contribution < -0.4 is 11.5 Å². The number of rotatable bonds is 6. The van der Waals surface area contributed by atoms with E-state index in [-0.39, 0.29) is 5.92 Å². The fourth-order valence-electron chi connectivity index (χ4n) is 1.74. The average Bonchev–Trinajstić information content (AvgIpc) is 2.63. The van der Waals surface area contributed by atoms with Crippen molar-refractivity contribution in [1.29, 1.82) is 0 Å². The Labute approximate surface area is 89.0 Å². The minimum absolute atomic E-state index is 0.0861. The Bertz CT molecular complexity index is 331. The Kier molecular flexibility index (Phi) is 4.55. The van der Waals surface area contributed by atoms with Gasteiger partial charge in [-0.1, -0.05) is 31.8 Å². The number of unbranched alkanes of at least 4 members (excludes halogenated alkanes) is 1. The number of aromatic amines is 1. The molecule has 1 aromatic rings. The van der Waals surface area contributed by atoms with E-state index in [4.69, 9.17) is 5.73 Å². The highest BCUT2D eigenvalue weighted by atomic mass is 16.5. The quantitative estimate of drug-likeness (QED) is 0.744. The molecule has 5 nitrogen and oxygen atoms in total. The molecule has 1 aromatic heterocycles. The van der Waals surface area contributed by atoms with Gasteiger partial charge in [-0.05, 0) is 12.3 Å². The maximum Gasteiger partial charge on any atom is 0.438 e. The zero-order valence-electron chi connectivity index (χ0n) is 9.32. The lowest BCUT2D eigenvalue weighted by Crippen LogP contribution is -2.21. The lowest BCUT2D eigenvalue weighted by atomic mass is 9.89. The number of hydrogen-bond donors (Lipinski definition) is 2. The molecular formula is C10H19N3O2. The summed E-state index contributed by atoms with van der Waals surface area (Å²) in [7, 11) is 0. The van der Waals surface area contributed by atoms with Gasteiger partial charge in [0.05, 0.1) is 0 Å². The summed E-state index contributed by atoms with van der Waals surface area (Å²) in [6.07, 6.45) is 3.42. The summed E-state index contributed by atoms with van der Waals surface area (Å²) in [5, 5.41) is 3.69. The van der Waals surface area contributed by atoms with Crippen LogP contribution in [0.15, 0.2) is 9.32 Å². The molecule has 0 amide bonds. The van der Waals surface area contributed by atoms with E-state index in [1.54, 1.807) is 0 Å². The fourth-order valence-corrected chi connectivity index (χ4v) is 1.74. The van der Waals surface area contributed by atoms with Gasteiger partial charge >= 0.3 is 5.76 Å². The summed E-state index contributed by atoms with van der Waals surface area (Å²) in [6.45, 7) is 4.76. The maximum absolute atomic E-state index is 10.8. The third-order valence-electron chi connectivity index (χ3n) is 2.76. The van der Waals surface area contributed by atoms with Gasteiger partial charge in [0.25, 0.3) is 0 Å². The molecule has 2 unspecified atom stereocenters. The van der Waals surface area contributed by atoms with Crippen molar-refractivity contribution < 1.29 is 4.52 Å². The van der Waals surface area contributed by atoms with Crippen LogP contribution in [0.5, 0.6) is 0 Å². The molecule has 0 radical (unpaired) electrons. The van der Waals surface area contributed by atoms with Crippen molar-refractivity contribution in [1.82, 2.24) is 10.1 Å². The molecule has 1 rings (SSSR count). The van der Waals surface area contributed by atoms with E-state index in [0.717, 1.165) is 12.8 Å². The van der Waals surface area contributed by atoms with Gasteiger partial charge in [0, 0.05) is 12.5 Å². The maximum atomic E-state index is 10.8. The molecule has 86 valence electrons. The van der Waals surface area contributed by atoms with Crippen molar-refractivity contribution in [2.75, 3.05) is 6.54 Å². The van der Waals surface area contributed by atoms with Crippen molar-refractivity contribution >= 4 is 0 Å². The van der Waals surface area contributed by atoms with E-state index < -0.39 is 5.76 Å². The molecule has 3 N–H and O–H groups in total. The Balaban J connectivity index is 2.66. The van der Waals surface area contributed by atoms with Crippen LogP contribution in [0, 0.1) is 5.92 Å². The largest absolute Gasteiger partial charge is 0.438 e. The van der Waals surface area contributed by atoms with E-state index in [1.165, 1.54) is 6.42 Å². The minimum atomic E-state index is -0.508. The third kappa shape index (κ3) is 3.20. The highest BCUT2D eigenvalue weighted by Crippen LogP contribution is 2.24. The molecule has 0 saturated heterocycles. The topological polar surface area (TPSA) is 84.9 Å². The molecule has 0 aliphatic rings. The first kappa shape index (κ1) is 12.0. The van der Waals surface area contributed by atoms with Crippen LogP contribution in [0.25, 0.3) is 0 Å². The molecule has 0 bridgehead atoms. The molecule has 2 atom stereocenters. The number of hydrogen-bond acceptors (Lipinski definition) is 4. The summed E-state index contributed by atoms with van der Waals surface area (Å²) >= 11 is 0. The molecule has 15 heavy (non-hydrogen) atoms. The lowest BCUT2D eigenvalue weighted by Gasteiger charge is -2.19. The molecule has 0 aliphatic carbocycles. The van der Waals surface area contributed by atoms with Crippen LogP contribution in [0.3, 0.4) is 0 Å². The van der Waals surface area contributed by atoms with Crippen LogP contribution in [-0.2, 0) is 0 Å². The zero-order chi connectivity index (χ0) is 11.3. The molecule has 0 aliphatic heterocycles. The third-order valence-corrected chi connectivity index (χ3v) is 2.76. The van der Waals surface area contributed by atoms with E-state index in [2.05, 4.69) is 28.5 Å². The highest BCUT2D eigenvalue weighted by molar-refractivity contribution is 4.95. The van der Waals surface area contributed by atoms with Gasteiger partial charge in [0.1, 0.15) is 0 Å². The molecule has 1 heterocycles. The smallest absolute Gasteiger partial charge is 0.330 e. The lowest BCUT2D eigenvalue weighted by molar-refractivity contribution is 0.356. The van der Waals surface area contributed by atoms with Crippen molar-refractivity contribution in [3.05, 3.63) is 16.4 Å². The fraction of sp³-hybridized carbons (Fsp3) is 0.800. The molecule has 0 aromatic carbocycles. The Morgan fingerprint density at radius 2 is 2.33 bits per heavy atom. The molecular weight excluding hydrogens is 194 g/mol. The standard InChI is InChI=1S/C10H19N3O2/c1-3-4-5-7(2)8(6-11)9-12-10(14)15-13-9/h7-8H,3-6,11H2,1-2H3,(H,12,13,14). The van der Waals surface area contributed by atoms with Gasteiger partial charge < -0.3 is 5.73 Å². The van der Waals surface area contributed by atoms with Gasteiger partial charge in [0.2, 0.25) is 0 Å². The Hall–Kier alpha value is -1.10. The average molecular weight is 213 g/mol. The Morgan fingerprint density at radius 3 is 2.80 bits per heavy atom. The highest BCUT2D eigenvalue weighted by Gasteiger charge is 2.21. The molecule has 0 saturated carbocycles. The van der Waals surface area contributed by atoms with Gasteiger partial charge in [-0.2, -0.15) is 0 Å². The van der Waals surface area contributed by atoms with Crippen LogP contribution in [0.1, 0.15) is 44.9 Å². The Morgan fingerprint density at radius 1 is 1.60 bits per heavy atom. The number of aromatic nitrogens is 2. The summed E-state index contributed by atoms with van der Waals surface area (Å²) in [5.41, 5.74) is 5.68. The van der Waals surface area contributed by atoms with Gasteiger partial charge in [-0.25, -0.2) is 4.79 Å². The normalized spacial score (nSPS) is 15.1. The first-order chi connectivity index (χ1) is 7.19. The van der Waals surface area contributed by atoms with Crippen molar-refractivity contribution in [3.8, 4) is 0 Å². The SMILES string of the molecule is CCCCC(C)C(CN)c1noc(=O)[nH]1. The molecule has 0 fully saturated rings. The van der Waals surface area contributed by atoms with Crippen LogP contribution >= 0.6 is 0 Å². The van der Waals surface area contributed by atoms with E-state index in [9.17, 15) is 4.79 Å². The van der Waals surface area contributed by atoms with Crippen LogP contribution in [-0.4, -0.2) is 16.7 Å². The number of nitrogens with one attached hydrogen (secondary N) is 1. The van der Waals surface area contributed by atoms with Crippen molar-refractivity contribution in [3.63, 3.8) is 0 Å². The molecule has 5 heteroatoms. The molecule has 0 spiro atoms. The van der Waals surface area contributed by atoms with Crippen molar-refractivity contribution in [2.45, 2.75) is 39.0 Å². The second kappa shape index (κ2) is 5.70. The first-order valence-electron chi connectivity index (χ1n) is 5.45. The van der Waals surface area contributed by atoms with Gasteiger partial charge in [-0.15, -0.1) is 0 Å². The van der Waals surface area contributed by atoms with Crippen molar-refractivity contribution in [2.24, 2.45) is 11.7 Å². The zero-order valence-corrected chi connectivity index (χ0v) is 9.32. The summed E-state index contributed by atoms with van der Waals surface area (Å²) in [4.78, 5) is 13.4. The predicted octanol–water partition coefficient (Wildman–Crippen LogP) is 1.23. The van der Waals surface area contributed by atoms with E-state index in [0.29, 0.717) is 18.3 Å². The number of nitrogens with two attached hydrogens (primary N) is 1. The van der Waals surface area contributed by atoms with Gasteiger partial charge in [0.15, 0.2) is 5.82 Å². The summed E-state index contributed by atoms with van der Waals surface area (Å²) in [5.74, 6) is 0.566. The van der Waals surface area contributed by atoms with Crippen LogP contribution in [0.2, 0.25) is 0 Å². The van der Waals surface area contributed by atoms with E-state index in [1.807, 2.05) is 0 Å². The number of H-pyrrole nitrogens is 1. The minimum Gasteiger partial charge on any atom is -0.330 e. The van der Waals surface area contributed by atoms with E-state index >= 15 is 0 Å².